The molecule has 1 aromatic heterocycles. The standard InChI is InChI=1S/C12H19N3O4S/c1-5-19-11(18)8(4)15-10(7(2)3)13-14-12(15)20-6-9(16)17/h7-8H,5-6H2,1-4H3,(H,16,17). The van der Waals surface area contributed by atoms with E-state index in [2.05, 4.69) is 10.2 Å². The zero-order valence-electron chi connectivity index (χ0n) is 12.0. The van der Waals surface area contributed by atoms with Crippen molar-refractivity contribution in [2.45, 2.75) is 44.8 Å². The Labute approximate surface area is 121 Å². The highest BCUT2D eigenvalue weighted by atomic mass is 32.2. The summed E-state index contributed by atoms with van der Waals surface area (Å²) in [5.41, 5.74) is 0. The average Bonchev–Trinajstić information content (AvgIpc) is 2.79. The van der Waals surface area contributed by atoms with Crippen LogP contribution in [0.2, 0.25) is 0 Å². The van der Waals surface area contributed by atoms with Crippen molar-refractivity contribution in [3.63, 3.8) is 0 Å². The highest BCUT2D eigenvalue weighted by molar-refractivity contribution is 7.99. The molecule has 112 valence electrons. The smallest absolute Gasteiger partial charge is 0.328 e. The molecule has 1 unspecified atom stereocenters. The van der Waals surface area contributed by atoms with Crippen molar-refractivity contribution in [1.82, 2.24) is 14.8 Å². The van der Waals surface area contributed by atoms with Crippen molar-refractivity contribution in [3.8, 4) is 0 Å². The number of carbonyl (C=O) groups excluding carboxylic acids is 1. The van der Waals surface area contributed by atoms with Crippen LogP contribution < -0.4 is 0 Å². The van der Waals surface area contributed by atoms with E-state index < -0.39 is 12.0 Å². The van der Waals surface area contributed by atoms with Crippen LogP contribution in [0.25, 0.3) is 0 Å². The van der Waals surface area contributed by atoms with Gasteiger partial charge >= 0.3 is 11.9 Å². The van der Waals surface area contributed by atoms with E-state index in [1.807, 2.05) is 13.8 Å². The Morgan fingerprint density at radius 2 is 2.00 bits per heavy atom. The first kappa shape index (κ1) is 16.5. The number of ether oxygens (including phenoxy) is 1. The Bertz CT molecular complexity index is 487. The summed E-state index contributed by atoms with van der Waals surface area (Å²) in [5, 5.41) is 17.2. The predicted octanol–water partition coefficient (Wildman–Crippen LogP) is 1.70. The van der Waals surface area contributed by atoms with Gasteiger partial charge in [0.2, 0.25) is 0 Å². The molecule has 0 spiro atoms. The van der Waals surface area contributed by atoms with Crippen LogP contribution in [0.1, 0.15) is 45.5 Å². The van der Waals surface area contributed by atoms with Gasteiger partial charge in [0, 0.05) is 5.92 Å². The summed E-state index contributed by atoms with van der Waals surface area (Å²) >= 11 is 1.04. The number of hydrogen-bond acceptors (Lipinski definition) is 6. The molecular weight excluding hydrogens is 282 g/mol. The van der Waals surface area contributed by atoms with Crippen LogP contribution in [-0.4, -0.2) is 44.2 Å². The largest absolute Gasteiger partial charge is 0.481 e. The Balaban J connectivity index is 3.07. The fraction of sp³-hybridized carbons (Fsp3) is 0.667. The van der Waals surface area contributed by atoms with E-state index in [-0.39, 0.29) is 17.6 Å². The minimum absolute atomic E-state index is 0.0681. The first-order chi connectivity index (χ1) is 9.38. The van der Waals surface area contributed by atoms with Gasteiger partial charge in [-0.05, 0) is 13.8 Å². The SMILES string of the molecule is CCOC(=O)C(C)n1c(SCC(=O)O)nnc1C(C)C. The number of aromatic nitrogens is 3. The van der Waals surface area contributed by atoms with E-state index in [0.29, 0.717) is 17.6 Å². The van der Waals surface area contributed by atoms with Crippen LogP contribution in [0, 0.1) is 0 Å². The lowest BCUT2D eigenvalue weighted by Gasteiger charge is -2.17. The van der Waals surface area contributed by atoms with E-state index in [1.54, 1.807) is 18.4 Å². The van der Waals surface area contributed by atoms with Gasteiger partial charge < -0.3 is 9.84 Å². The Kier molecular flexibility index (Phi) is 6.00. The average molecular weight is 301 g/mol. The lowest BCUT2D eigenvalue weighted by atomic mass is 10.2. The molecule has 0 saturated carbocycles. The molecule has 7 nitrogen and oxygen atoms in total. The van der Waals surface area contributed by atoms with Crippen LogP contribution in [0.5, 0.6) is 0 Å². The van der Waals surface area contributed by atoms with Gasteiger partial charge in [0.15, 0.2) is 5.16 Å². The van der Waals surface area contributed by atoms with Gasteiger partial charge in [-0.1, -0.05) is 25.6 Å². The van der Waals surface area contributed by atoms with Gasteiger partial charge in [-0.15, -0.1) is 10.2 Å². The van der Waals surface area contributed by atoms with Gasteiger partial charge in [0.25, 0.3) is 0 Å². The summed E-state index contributed by atoms with van der Waals surface area (Å²) in [7, 11) is 0. The molecule has 0 saturated heterocycles. The van der Waals surface area contributed by atoms with Crippen molar-refractivity contribution in [2.24, 2.45) is 0 Å². The summed E-state index contributed by atoms with van der Waals surface area (Å²) in [6, 6.07) is -0.585. The van der Waals surface area contributed by atoms with Crippen molar-refractivity contribution in [2.75, 3.05) is 12.4 Å². The zero-order valence-corrected chi connectivity index (χ0v) is 12.8. The summed E-state index contributed by atoms with van der Waals surface area (Å²) in [4.78, 5) is 22.5. The molecule has 1 atom stereocenters. The lowest BCUT2D eigenvalue weighted by Crippen LogP contribution is -2.22. The molecule has 0 amide bonds. The van der Waals surface area contributed by atoms with E-state index in [9.17, 15) is 9.59 Å². The second-order valence-electron chi connectivity index (χ2n) is 4.48. The van der Waals surface area contributed by atoms with Gasteiger partial charge in [-0.25, -0.2) is 4.79 Å². The number of aliphatic carboxylic acids is 1. The molecule has 0 aliphatic heterocycles. The molecule has 0 aliphatic rings. The molecule has 1 aromatic rings. The lowest BCUT2D eigenvalue weighted by molar-refractivity contribution is -0.146. The maximum absolute atomic E-state index is 11.9. The first-order valence-corrected chi connectivity index (χ1v) is 7.33. The van der Waals surface area contributed by atoms with Gasteiger partial charge in [-0.2, -0.15) is 0 Å². The Morgan fingerprint density at radius 1 is 1.35 bits per heavy atom. The Hall–Kier alpha value is -1.57. The molecule has 1 N–H and O–H groups in total. The number of rotatable bonds is 7. The fourth-order valence-corrected chi connectivity index (χ4v) is 2.38. The molecule has 0 fully saturated rings. The number of carboxylic acids is 1. The third-order valence-corrected chi connectivity index (χ3v) is 3.47. The third kappa shape index (κ3) is 3.96. The monoisotopic (exact) mass is 301 g/mol. The van der Waals surface area contributed by atoms with E-state index in [1.165, 1.54) is 0 Å². The minimum atomic E-state index is -0.945. The topological polar surface area (TPSA) is 94.3 Å². The molecule has 8 heteroatoms. The van der Waals surface area contributed by atoms with Crippen molar-refractivity contribution in [3.05, 3.63) is 5.82 Å². The molecule has 0 aliphatic carbocycles. The second-order valence-corrected chi connectivity index (χ2v) is 5.42. The maximum Gasteiger partial charge on any atom is 0.328 e. The quantitative estimate of drug-likeness (QED) is 0.605. The molecule has 0 aromatic carbocycles. The van der Waals surface area contributed by atoms with E-state index in [4.69, 9.17) is 9.84 Å². The second kappa shape index (κ2) is 7.28. The highest BCUT2D eigenvalue weighted by Gasteiger charge is 2.25. The van der Waals surface area contributed by atoms with Gasteiger partial charge in [-0.3, -0.25) is 9.36 Å². The molecule has 1 heterocycles. The maximum atomic E-state index is 11.9. The predicted molar refractivity (Wildman–Crippen MR) is 73.8 cm³/mol. The number of thioether (sulfide) groups is 1. The van der Waals surface area contributed by atoms with Crippen LogP contribution in [0.4, 0.5) is 0 Å². The van der Waals surface area contributed by atoms with Crippen molar-refractivity contribution in [1.29, 1.82) is 0 Å². The molecule has 20 heavy (non-hydrogen) atoms. The van der Waals surface area contributed by atoms with E-state index in [0.717, 1.165) is 11.8 Å². The van der Waals surface area contributed by atoms with Crippen LogP contribution in [-0.2, 0) is 14.3 Å². The number of nitrogens with zero attached hydrogens (tertiary/aromatic N) is 3. The van der Waals surface area contributed by atoms with Crippen LogP contribution in [0.15, 0.2) is 5.16 Å². The Morgan fingerprint density at radius 3 is 2.50 bits per heavy atom. The number of carbonyl (C=O) groups is 2. The third-order valence-electron chi connectivity index (χ3n) is 2.55. The van der Waals surface area contributed by atoms with Crippen molar-refractivity contribution < 1.29 is 19.4 Å². The molecular formula is C12H19N3O4S. The summed E-state index contributed by atoms with van der Waals surface area (Å²) in [5.74, 6) is -0.756. The number of hydrogen-bond donors (Lipinski definition) is 1. The van der Waals surface area contributed by atoms with Gasteiger partial charge in [0.1, 0.15) is 11.9 Å². The first-order valence-electron chi connectivity index (χ1n) is 6.34. The van der Waals surface area contributed by atoms with E-state index >= 15 is 0 Å². The molecule has 1 rings (SSSR count). The summed E-state index contributed by atoms with van der Waals surface area (Å²) < 4.78 is 6.65. The normalized spacial score (nSPS) is 12.4. The minimum Gasteiger partial charge on any atom is -0.481 e. The zero-order chi connectivity index (χ0) is 15.3. The number of esters is 1. The van der Waals surface area contributed by atoms with Crippen molar-refractivity contribution >= 4 is 23.7 Å². The molecule has 0 radical (unpaired) electrons. The molecule has 0 bridgehead atoms. The summed E-state index contributed by atoms with van der Waals surface area (Å²) in [6.45, 7) is 7.59. The summed E-state index contributed by atoms with van der Waals surface area (Å²) in [6.07, 6.45) is 0. The van der Waals surface area contributed by atoms with Crippen LogP contribution in [0.3, 0.4) is 0 Å². The number of carboxylic acid groups (broad SMARTS) is 1. The van der Waals surface area contributed by atoms with Gasteiger partial charge in [0.05, 0.1) is 12.4 Å². The fourth-order valence-electron chi connectivity index (χ4n) is 1.64. The highest BCUT2D eigenvalue weighted by Crippen LogP contribution is 2.26. The van der Waals surface area contributed by atoms with Crippen LogP contribution >= 0.6 is 11.8 Å².